The lowest BCUT2D eigenvalue weighted by Gasteiger charge is -2.19. The molecule has 0 unspecified atom stereocenters. The van der Waals surface area contributed by atoms with Crippen molar-refractivity contribution in [3.8, 4) is 5.75 Å². The minimum Gasteiger partial charge on any atom is -0.497 e. The fourth-order valence-corrected chi connectivity index (χ4v) is 4.15. The van der Waals surface area contributed by atoms with Crippen molar-refractivity contribution in [3.63, 3.8) is 0 Å². The molecule has 1 N–H and O–H groups in total. The molecule has 0 spiro atoms. The van der Waals surface area contributed by atoms with E-state index in [9.17, 15) is 4.79 Å². The van der Waals surface area contributed by atoms with Gasteiger partial charge >= 0.3 is 0 Å². The van der Waals surface area contributed by atoms with Gasteiger partial charge in [0.1, 0.15) is 5.75 Å². The van der Waals surface area contributed by atoms with Gasteiger partial charge in [0.25, 0.3) is 0 Å². The van der Waals surface area contributed by atoms with Crippen molar-refractivity contribution in [2.75, 3.05) is 12.4 Å². The number of anilines is 1. The zero-order valence-electron chi connectivity index (χ0n) is 14.3. The molecule has 24 heavy (non-hydrogen) atoms. The Morgan fingerprint density at radius 2 is 1.96 bits per heavy atom. The third-order valence-electron chi connectivity index (χ3n) is 4.62. The Hall–Kier alpha value is -1.88. The van der Waals surface area contributed by atoms with Crippen molar-refractivity contribution in [1.29, 1.82) is 0 Å². The van der Waals surface area contributed by atoms with E-state index in [4.69, 9.17) is 4.74 Å². The van der Waals surface area contributed by atoms with Crippen molar-refractivity contribution in [1.82, 2.24) is 4.98 Å². The summed E-state index contributed by atoms with van der Waals surface area (Å²) in [6, 6.07) is 8.07. The van der Waals surface area contributed by atoms with Crippen LogP contribution in [0.25, 0.3) is 0 Å². The molecule has 1 heterocycles. The number of carbonyl (C=O) groups is 1. The maximum atomic E-state index is 12.4. The predicted molar refractivity (Wildman–Crippen MR) is 97.9 cm³/mol. The summed E-state index contributed by atoms with van der Waals surface area (Å²) in [5.74, 6) is 1.16. The molecule has 1 aliphatic carbocycles. The first-order valence-electron chi connectivity index (χ1n) is 8.56. The summed E-state index contributed by atoms with van der Waals surface area (Å²) in [5.41, 5.74) is 2.21. The summed E-state index contributed by atoms with van der Waals surface area (Å²) in [7, 11) is 1.67. The van der Waals surface area contributed by atoms with Crippen LogP contribution in [0.5, 0.6) is 5.75 Å². The van der Waals surface area contributed by atoms with Crippen LogP contribution >= 0.6 is 11.3 Å². The number of nitrogens with zero attached hydrogens (tertiary/aromatic N) is 1. The summed E-state index contributed by atoms with van der Waals surface area (Å²) in [4.78, 5) is 18.1. The van der Waals surface area contributed by atoms with E-state index in [0.717, 1.165) is 48.7 Å². The van der Waals surface area contributed by atoms with Gasteiger partial charge in [-0.15, -0.1) is 11.3 Å². The number of hydrogen-bond acceptors (Lipinski definition) is 4. The highest BCUT2D eigenvalue weighted by molar-refractivity contribution is 7.15. The van der Waals surface area contributed by atoms with Gasteiger partial charge in [0.05, 0.1) is 12.8 Å². The minimum atomic E-state index is 0.138. The van der Waals surface area contributed by atoms with Gasteiger partial charge in [0.2, 0.25) is 5.91 Å². The van der Waals surface area contributed by atoms with Crippen molar-refractivity contribution in [2.24, 2.45) is 5.92 Å². The first-order chi connectivity index (χ1) is 11.7. The van der Waals surface area contributed by atoms with Crippen LogP contribution < -0.4 is 10.1 Å². The Morgan fingerprint density at radius 1 is 1.25 bits per heavy atom. The van der Waals surface area contributed by atoms with E-state index in [2.05, 4.69) is 22.4 Å². The van der Waals surface area contributed by atoms with Crippen LogP contribution in [-0.2, 0) is 11.2 Å². The number of methoxy groups -OCH3 is 1. The van der Waals surface area contributed by atoms with Gasteiger partial charge in [-0.05, 0) is 37.5 Å². The standard InChI is InChI=1S/C19H24N2O2S/c1-13-17(12-14-8-10-16(23-2)11-9-14)24-19(20-13)21-18(22)15-6-4-3-5-7-15/h8-11,15H,3-7,12H2,1-2H3,(H,20,21,22). The second-order valence-corrected chi connectivity index (χ2v) is 7.46. The van der Waals surface area contributed by atoms with Crippen LogP contribution in [0.1, 0.15) is 48.2 Å². The quantitative estimate of drug-likeness (QED) is 0.864. The van der Waals surface area contributed by atoms with Gasteiger partial charge in [0, 0.05) is 17.2 Å². The number of thiazole rings is 1. The third-order valence-corrected chi connectivity index (χ3v) is 5.70. The molecule has 1 fully saturated rings. The lowest BCUT2D eigenvalue weighted by Crippen LogP contribution is -2.24. The van der Waals surface area contributed by atoms with Crippen molar-refractivity contribution in [3.05, 3.63) is 40.4 Å². The maximum absolute atomic E-state index is 12.4. The Labute approximate surface area is 147 Å². The van der Waals surface area contributed by atoms with Crippen LogP contribution in [0.15, 0.2) is 24.3 Å². The Bertz CT molecular complexity index is 688. The monoisotopic (exact) mass is 344 g/mol. The largest absolute Gasteiger partial charge is 0.497 e. The molecule has 1 aromatic heterocycles. The van der Waals surface area contributed by atoms with Crippen LogP contribution in [0.2, 0.25) is 0 Å². The van der Waals surface area contributed by atoms with Crippen molar-refractivity contribution in [2.45, 2.75) is 45.4 Å². The average Bonchev–Trinajstić information content (AvgIpc) is 2.95. The minimum absolute atomic E-state index is 0.138. The number of hydrogen-bond donors (Lipinski definition) is 1. The first kappa shape index (κ1) is 17.0. The van der Waals surface area contributed by atoms with Crippen molar-refractivity contribution < 1.29 is 9.53 Å². The van der Waals surface area contributed by atoms with Crippen LogP contribution in [-0.4, -0.2) is 18.0 Å². The summed E-state index contributed by atoms with van der Waals surface area (Å²) in [6.07, 6.45) is 6.43. The number of amides is 1. The molecule has 5 heteroatoms. The number of nitrogens with one attached hydrogen (secondary N) is 1. The summed E-state index contributed by atoms with van der Waals surface area (Å²) < 4.78 is 5.19. The van der Waals surface area contributed by atoms with Crippen molar-refractivity contribution >= 4 is 22.4 Å². The molecule has 128 valence electrons. The summed E-state index contributed by atoms with van der Waals surface area (Å²) in [5, 5.41) is 3.75. The SMILES string of the molecule is COc1ccc(Cc2sc(NC(=O)C3CCCCC3)nc2C)cc1. The molecule has 0 aliphatic heterocycles. The zero-order valence-corrected chi connectivity index (χ0v) is 15.1. The molecule has 4 nitrogen and oxygen atoms in total. The molecule has 1 amide bonds. The van der Waals surface area contributed by atoms with Gasteiger partial charge in [0.15, 0.2) is 5.13 Å². The highest BCUT2D eigenvalue weighted by Gasteiger charge is 2.22. The lowest BCUT2D eigenvalue weighted by molar-refractivity contribution is -0.120. The van der Waals surface area contributed by atoms with E-state index in [-0.39, 0.29) is 11.8 Å². The van der Waals surface area contributed by atoms with E-state index in [1.807, 2.05) is 19.1 Å². The van der Waals surface area contributed by atoms with E-state index < -0.39 is 0 Å². The van der Waals surface area contributed by atoms with Crippen LogP contribution in [0.3, 0.4) is 0 Å². The third kappa shape index (κ3) is 4.15. The lowest BCUT2D eigenvalue weighted by atomic mass is 9.89. The van der Waals surface area contributed by atoms with Gasteiger partial charge in [-0.3, -0.25) is 4.79 Å². The molecule has 1 aromatic carbocycles. The van der Waals surface area contributed by atoms with E-state index in [1.54, 1.807) is 18.4 Å². The highest BCUT2D eigenvalue weighted by Crippen LogP contribution is 2.28. The predicted octanol–water partition coefficient (Wildman–Crippen LogP) is 4.57. The normalized spacial score (nSPS) is 15.2. The van der Waals surface area contributed by atoms with Crippen LogP contribution in [0.4, 0.5) is 5.13 Å². The molecule has 0 radical (unpaired) electrons. The smallest absolute Gasteiger partial charge is 0.229 e. The fourth-order valence-electron chi connectivity index (χ4n) is 3.15. The molecule has 0 saturated heterocycles. The Kier molecular flexibility index (Phi) is 5.51. The molecule has 1 aliphatic rings. The first-order valence-corrected chi connectivity index (χ1v) is 9.37. The summed E-state index contributed by atoms with van der Waals surface area (Å²) in [6.45, 7) is 2.01. The molecule has 0 atom stereocenters. The molecule has 3 rings (SSSR count). The van der Waals surface area contributed by atoms with E-state index >= 15 is 0 Å². The summed E-state index contributed by atoms with van der Waals surface area (Å²) >= 11 is 1.58. The second kappa shape index (κ2) is 7.79. The van der Waals surface area contributed by atoms with Crippen LogP contribution in [0, 0.1) is 12.8 Å². The van der Waals surface area contributed by atoms with E-state index in [1.165, 1.54) is 16.9 Å². The fraction of sp³-hybridized carbons (Fsp3) is 0.474. The molecular weight excluding hydrogens is 320 g/mol. The zero-order chi connectivity index (χ0) is 16.9. The molecule has 1 saturated carbocycles. The molecular formula is C19H24N2O2S. The Morgan fingerprint density at radius 3 is 2.62 bits per heavy atom. The van der Waals surface area contributed by atoms with Gasteiger partial charge in [-0.1, -0.05) is 31.4 Å². The maximum Gasteiger partial charge on any atom is 0.229 e. The average molecular weight is 344 g/mol. The second-order valence-electron chi connectivity index (χ2n) is 6.38. The number of aryl methyl sites for hydroxylation is 1. The number of aromatic nitrogens is 1. The molecule has 0 bridgehead atoms. The number of benzene rings is 1. The van der Waals surface area contributed by atoms with Gasteiger partial charge in [-0.25, -0.2) is 4.98 Å². The topological polar surface area (TPSA) is 51.2 Å². The molecule has 2 aromatic rings. The number of carbonyl (C=O) groups excluding carboxylic acids is 1. The van der Waals surface area contributed by atoms with Gasteiger partial charge in [-0.2, -0.15) is 0 Å². The number of ether oxygens (including phenoxy) is 1. The van der Waals surface area contributed by atoms with Gasteiger partial charge < -0.3 is 10.1 Å². The Balaban J connectivity index is 1.64. The highest BCUT2D eigenvalue weighted by atomic mass is 32.1. The number of rotatable bonds is 5. The van der Waals surface area contributed by atoms with E-state index in [0.29, 0.717) is 0 Å².